The third-order valence-electron chi connectivity index (χ3n) is 3.51. The molecule has 1 saturated heterocycles. The Labute approximate surface area is 125 Å². The molecule has 5 heteroatoms. The van der Waals surface area contributed by atoms with Crippen LogP contribution in [0, 0.1) is 0 Å². The maximum Gasteiger partial charge on any atom is 0.313 e. The number of benzene rings is 1. The van der Waals surface area contributed by atoms with Crippen molar-refractivity contribution in [1.82, 2.24) is 4.90 Å². The highest BCUT2D eigenvalue weighted by Crippen LogP contribution is 2.16. The van der Waals surface area contributed by atoms with Crippen LogP contribution in [0.1, 0.15) is 32.6 Å². The van der Waals surface area contributed by atoms with Crippen molar-refractivity contribution in [3.05, 3.63) is 24.3 Å². The van der Waals surface area contributed by atoms with Gasteiger partial charge in [0.15, 0.2) is 0 Å². The summed E-state index contributed by atoms with van der Waals surface area (Å²) in [5.74, 6) is -0.263. The number of amides is 2. The van der Waals surface area contributed by atoms with Crippen LogP contribution >= 0.6 is 0 Å². The van der Waals surface area contributed by atoms with Crippen molar-refractivity contribution < 1.29 is 14.3 Å². The van der Waals surface area contributed by atoms with Crippen LogP contribution in [-0.4, -0.2) is 36.4 Å². The van der Waals surface area contributed by atoms with Crippen molar-refractivity contribution in [2.45, 2.75) is 32.6 Å². The fraction of sp³-hybridized carbons (Fsp3) is 0.500. The van der Waals surface area contributed by atoms with Gasteiger partial charge in [0, 0.05) is 18.8 Å². The minimum absolute atomic E-state index is 0.439. The molecule has 21 heavy (non-hydrogen) atoms. The number of nitrogens with one attached hydrogen (secondary N) is 1. The van der Waals surface area contributed by atoms with Crippen LogP contribution < -0.4 is 10.1 Å². The quantitative estimate of drug-likeness (QED) is 0.870. The Morgan fingerprint density at radius 3 is 2.29 bits per heavy atom. The number of carbonyl (C=O) groups excluding carboxylic acids is 2. The molecule has 0 saturated carbocycles. The molecule has 1 N–H and O–H groups in total. The predicted molar refractivity (Wildman–Crippen MR) is 81.3 cm³/mol. The van der Waals surface area contributed by atoms with E-state index in [1.807, 2.05) is 6.92 Å². The lowest BCUT2D eigenvalue weighted by atomic mass is 10.2. The van der Waals surface area contributed by atoms with Gasteiger partial charge in [-0.1, -0.05) is 12.8 Å². The summed E-state index contributed by atoms with van der Waals surface area (Å²) in [6.07, 6.45) is 4.21. The number of nitrogens with zero attached hydrogens (tertiary/aromatic N) is 1. The summed E-state index contributed by atoms with van der Waals surface area (Å²) in [4.78, 5) is 25.8. The Kier molecular flexibility index (Phi) is 5.60. The molecule has 1 aliphatic heterocycles. The fourth-order valence-electron chi connectivity index (χ4n) is 2.40. The Balaban J connectivity index is 1.91. The number of carbonyl (C=O) groups is 2. The summed E-state index contributed by atoms with van der Waals surface area (Å²) in [7, 11) is 0. The van der Waals surface area contributed by atoms with Crippen molar-refractivity contribution in [3.8, 4) is 5.75 Å². The van der Waals surface area contributed by atoms with Gasteiger partial charge in [-0.2, -0.15) is 0 Å². The predicted octanol–water partition coefficient (Wildman–Crippen LogP) is 2.43. The van der Waals surface area contributed by atoms with Crippen LogP contribution in [0.5, 0.6) is 5.75 Å². The lowest BCUT2D eigenvalue weighted by Crippen LogP contribution is -2.40. The number of ether oxygens (including phenoxy) is 1. The molecule has 0 radical (unpaired) electrons. The van der Waals surface area contributed by atoms with Gasteiger partial charge in [-0.25, -0.2) is 0 Å². The molecule has 0 aromatic heterocycles. The third kappa shape index (κ3) is 4.48. The van der Waals surface area contributed by atoms with E-state index in [2.05, 4.69) is 5.32 Å². The first-order valence-corrected chi connectivity index (χ1v) is 7.54. The maximum atomic E-state index is 12.1. The Hall–Kier alpha value is -2.04. The third-order valence-corrected chi connectivity index (χ3v) is 3.51. The van der Waals surface area contributed by atoms with Crippen LogP contribution in [0.15, 0.2) is 24.3 Å². The minimum Gasteiger partial charge on any atom is -0.494 e. The van der Waals surface area contributed by atoms with Crippen LogP contribution in [0.2, 0.25) is 0 Å². The smallest absolute Gasteiger partial charge is 0.313 e. The van der Waals surface area contributed by atoms with Crippen LogP contribution in [-0.2, 0) is 9.59 Å². The zero-order chi connectivity index (χ0) is 15.1. The van der Waals surface area contributed by atoms with E-state index in [0.717, 1.165) is 31.4 Å². The van der Waals surface area contributed by atoms with Gasteiger partial charge in [-0.3, -0.25) is 9.59 Å². The van der Waals surface area contributed by atoms with Gasteiger partial charge in [0.2, 0.25) is 0 Å². The van der Waals surface area contributed by atoms with Gasteiger partial charge in [0.1, 0.15) is 5.75 Å². The molecular weight excluding hydrogens is 268 g/mol. The van der Waals surface area contributed by atoms with Crippen LogP contribution in [0.25, 0.3) is 0 Å². The highest BCUT2D eigenvalue weighted by molar-refractivity contribution is 6.39. The lowest BCUT2D eigenvalue weighted by molar-refractivity contribution is -0.143. The molecule has 1 aliphatic rings. The minimum atomic E-state index is -0.568. The number of likely N-dealkylation sites (tertiary alicyclic amines) is 1. The molecule has 0 spiro atoms. The van der Waals surface area contributed by atoms with E-state index in [-0.39, 0.29) is 0 Å². The molecule has 0 bridgehead atoms. The molecule has 0 atom stereocenters. The average Bonchev–Trinajstić information content (AvgIpc) is 2.78. The molecule has 2 amide bonds. The van der Waals surface area contributed by atoms with Crippen molar-refractivity contribution >= 4 is 17.5 Å². The van der Waals surface area contributed by atoms with Crippen molar-refractivity contribution in [2.75, 3.05) is 25.0 Å². The summed E-state index contributed by atoms with van der Waals surface area (Å²) in [5.41, 5.74) is 0.603. The average molecular weight is 290 g/mol. The molecule has 1 heterocycles. The fourth-order valence-corrected chi connectivity index (χ4v) is 2.40. The topological polar surface area (TPSA) is 58.6 Å². The molecule has 5 nitrogen and oxygen atoms in total. The molecule has 0 unspecified atom stereocenters. The van der Waals surface area contributed by atoms with E-state index < -0.39 is 11.8 Å². The van der Waals surface area contributed by atoms with E-state index >= 15 is 0 Å². The van der Waals surface area contributed by atoms with E-state index in [4.69, 9.17) is 4.74 Å². The van der Waals surface area contributed by atoms with Gasteiger partial charge >= 0.3 is 11.8 Å². The Morgan fingerprint density at radius 1 is 1.10 bits per heavy atom. The summed E-state index contributed by atoms with van der Waals surface area (Å²) in [6.45, 7) is 3.86. The molecule has 1 aromatic carbocycles. The van der Waals surface area contributed by atoms with E-state index in [0.29, 0.717) is 25.4 Å². The second kappa shape index (κ2) is 7.67. The highest BCUT2D eigenvalue weighted by atomic mass is 16.5. The summed E-state index contributed by atoms with van der Waals surface area (Å²) in [5, 5.41) is 2.64. The monoisotopic (exact) mass is 290 g/mol. The summed E-state index contributed by atoms with van der Waals surface area (Å²) < 4.78 is 5.33. The van der Waals surface area contributed by atoms with Gasteiger partial charge in [0.05, 0.1) is 6.61 Å². The van der Waals surface area contributed by atoms with Gasteiger partial charge in [0.25, 0.3) is 0 Å². The number of hydrogen-bond acceptors (Lipinski definition) is 3. The molecule has 0 aliphatic carbocycles. The van der Waals surface area contributed by atoms with Gasteiger partial charge < -0.3 is 15.0 Å². The molecule has 2 rings (SSSR count). The zero-order valence-corrected chi connectivity index (χ0v) is 12.4. The number of hydrogen-bond donors (Lipinski definition) is 1. The number of rotatable bonds is 3. The summed E-state index contributed by atoms with van der Waals surface area (Å²) >= 11 is 0. The maximum absolute atomic E-state index is 12.1. The zero-order valence-electron chi connectivity index (χ0n) is 12.4. The highest BCUT2D eigenvalue weighted by Gasteiger charge is 2.22. The van der Waals surface area contributed by atoms with E-state index in [9.17, 15) is 9.59 Å². The Bertz CT molecular complexity index is 477. The second-order valence-corrected chi connectivity index (χ2v) is 5.12. The van der Waals surface area contributed by atoms with Crippen molar-refractivity contribution in [3.63, 3.8) is 0 Å². The summed E-state index contributed by atoms with van der Waals surface area (Å²) in [6, 6.07) is 7.02. The van der Waals surface area contributed by atoms with Crippen molar-refractivity contribution in [2.24, 2.45) is 0 Å². The van der Waals surface area contributed by atoms with E-state index in [1.165, 1.54) is 0 Å². The van der Waals surface area contributed by atoms with Gasteiger partial charge in [-0.05, 0) is 44.0 Å². The largest absolute Gasteiger partial charge is 0.494 e. The van der Waals surface area contributed by atoms with Crippen LogP contribution in [0.4, 0.5) is 5.69 Å². The van der Waals surface area contributed by atoms with Crippen molar-refractivity contribution in [1.29, 1.82) is 0 Å². The molecule has 114 valence electrons. The first-order valence-electron chi connectivity index (χ1n) is 7.54. The normalized spacial score (nSPS) is 15.2. The molecular formula is C16H22N2O3. The molecule has 1 fully saturated rings. The molecule has 1 aromatic rings. The van der Waals surface area contributed by atoms with E-state index in [1.54, 1.807) is 29.2 Å². The Morgan fingerprint density at radius 2 is 1.71 bits per heavy atom. The first-order chi connectivity index (χ1) is 10.2. The second-order valence-electron chi connectivity index (χ2n) is 5.12. The standard InChI is InChI=1S/C16H22N2O3/c1-2-21-14-9-7-13(8-10-14)17-15(19)16(20)18-11-5-3-4-6-12-18/h7-10H,2-6,11-12H2,1H3,(H,17,19). The SMILES string of the molecule is CCOc1ccc(NC(=O)C(=O)N2CCCCCC2)cc1. The van der Waals surface area contributed by atoms with Crippen LogP contribution in [0.3, 0.4) is 0 Å². The van der Waals surface area contributed by atoms with Gasteiger partial charge in [-0.15, -0.1) is 0 Å². The number of anilines is 1. The lowest BCUT2D eigenvalue weighted by Gasteiger charge is -2.19. The first kappa shape index (κ1) is 15.4.